The highest BCUT2D eigenvalue weighted by atomic mass is 19.1. The fourth-order valence-electron chi connectivity index (χ4n) is 1.97. The summed E-state index contributed by atoms with van der Waals surface area (Å²) in [7, 11) is 0. The van der Waals surface area contributed by atoms with Crippen molar-refractivity contribution in [2.45, 2.75) is 6.92 Å². The molecule has 0 aliphatic carbocycles. The van der Waals surface area contributed by atoms with Crippen molar-refractivity contribution in [3.8, 4) is 11.5 Å². The molecule has 2 aromatic carbocycles. The Balaban J connectivity index is 2.15. The van der Waals surface area contributed by atoms with Crippen molar-refractivity contribution in [3.63, 3.8) is 0 Å². The summed E-state index contributed by atoms with van der Waals surface area (Å²) in [6.45, 7) is 1.79. The number of carbonyl (C=O) groups is 1. The van der Waals surface area contributed by atoms with E-state index in [9.17, 15) is 9.18 Å². The number of hydrogen-bond acceptors (Lipinski definition) is 3. The van der Waals surface area contributed by atoms with Crippen LogP contribution >= 0.6 is 0 Å². The maximum absolute atomic E-state index is 13.9. The Morgan fingerprint density at radius 3 is 2.75 bits per heavy atom. The largest absolute Gasteiger partial charge is 0.478 e. The highest BCUT2D eigenvalue weighted by Crippen LogP contribution is 2.27. The topological polar surface area (TPSA) is 63.3 Å². The van der Waals surface area contributed by atoms with Crippen LogP contribution in [0.15, 0.2) is 40.8 Å². The van der Waals surface area contributed by atoms with Crippen molar-refractivity contribution >= 4 is 17.1 Å². The van der Waals surface area contributed by atoms with Gasteiger partial charge in [0.15, 0.2) is 5.58 Å². The van der Waals surface area contributed by atoms with Crippen LogP contribution in [0.2, 0.25) is 0 Å². The normalized spacial score (nSPS) is 10.9. The van der Waals surface area contributed by atoms with Gasteiger partial charge >= 0.3 is 5.97 Å². The van der Waals surface area contributed by atoms with Crippen LogP contribution in [-0.4, -0.2) is 16.1 Å². The highest BCUT2D eigenvalue weighted by molar-refractivity contribution is 5.92. The molecule has 100 valence electrons. The van der Waals surface area contributed by atoms with Crippen molar-refractivity contribution < 1.29 is 18.7 Å². The maximum Gasteiger partial charge on any atom is 0.335 e. The van der Waals surface area contributed by atoms with E-state index < -0.39 is 11.8 Å². The quantitative estimate of drug-likeness (QED) is 0.772. The van der Waals surface area contributed by atoms with Crippen molar-refractivity contribution in [2.75, 3.05) is 0 Å². The van der Waals surface area contributed by atoms with Gasteiger partial charge in [-0.15, -0.1) is 0 Å². The summed E-state index contributed by atoms with van der Waals surface area (Å²) in [6, 6.07) is 9.09. The predicted octanol–water partition coefficient (Wildman–Crippen LogP) is 3.64. The standard InChI is InChI=1S/C15H10FNO3/c1-8-2-4-10(11(16)6-8)14-17-12-5-3-9(15(18)19)7-13(12)20-14/h2-7H,1H3,(H,18,19). The van der Waals surface area contributed by atoms with Gasteiger partial charge in [0.1, 0.15) is 11.3 Å². The highest BCUT2D eigenvalue weighted by Gasteiger charge is 2.14. The summed E-state index contributed by atoms with van der Waals surface area (Å²) < 4.78 is 19.3. The lowest BCUT2D eigenvalue weighted by Gasteiger charge is -1.98. The van der Waals surface area contributed by atoms with Crippen LogP contribution in [0.25, 0.3) is 22.6 Å². The predicted molar refractivity (Wildman–Crippen MR) is 71.1 cm³/mol. The molecule has 20 heavy (non-hydrogen) atoms. The summed E-state index contributed by atoms with van der Waals surface area (Å²) >= 11 is 0. The number of aromatic nitrogens is 1. The van der Waals surface area contributed by atoms with Crippen LogP contribution in [0.1, 0.15) is 15.9 Å². The van der Waals surface area contributed by atoms with E-state index in [-0.39, 0.29) is 17.0 Å². The second kappa shape index (κ2) is 4.45. The lowest BCUT2D eigenvalue weighted by Crippen LogP contribution is -1.94. The van der Waals surface area contributed by atoms with Crippen LogP contribution in [0.3, 0.4) is 0 Å². The third-order valence-electron chi connectivity index (χ3n) is 2.99. The van der Waals surface area contributed by atoms with E-state index in [2.05, 4.69) is 4.98 Å². The third-order valence-corrected chi connectivity index (χ3v) is 2.99. The first-order valence-corrected chi connectivity index (χ1v) is 5.95. The minimum absolute atomic E-state index is 0.101. The Hall–Kier alpha value is -2.69. The Morgan fingerprint density at radius 2 is 2.05 bits per heavy atom. The second-order valence-corrected chi connectivity index (χ2v) is 4.49. The fraction of sp³-hybridized carbons (Fsp3) is 0.0667. The smallest absolute Gasteiger partial charge is 0.335 e. The molecule has 1 heterocycles. The molecule has 4 nitrogen and oxygen atoms in total. The van der Waals surface area contributed by atoms with Crippen molar-refractivity contribution in [1.29, 1.82) is 0 Å². The number of benzene rings is 2. The first kappa shape index (κ1) is 12.3. The molecular formula is C15H10FNO3. The lowest BCUT2D eigenvalue weighted by atomic mass is 10.1. The van der Waals surface area contributed by atoms with Crippen LogP contribution < -0.4 is 0 Å². The van der Waals surface area contributed by atoms with E-state index in [4.69, 9.17) is 9.52 Å². The number of aryl methyl sites for hydroxylation is 1. The number of fused-ring (bicyclic) bond motifs is 1. The van der Waals surface area contributed by atoms with E-state index >= 15 is 0 Å². The summed E-state index contributed by atoms with van der Waals surface area (Å²) in [6.07, 6.45) is 0. The summed E-state index contributed by atoms with van der Waals surface area (Å²) in [4.78, 5) is 15.1. The van der Waals surface area contributed by atoms with Gasteiger partial charge in [0.05, 0.1) is 11.1 Å². The van der Waals surface area contributed by atoms with Gasteiger partial charge in [-0.1, -0.05) is 6.07 Å². The van der Waals surface area contributed by atoms with Gasteiger partial charge in [0, 0.05) is 0 Å². The van der Waals surface area contributed by atoms with E-state index in [1.807, 2.05) is 0 Å². The number of carboxylic acids is 1. The number of hydrogen-bond donors (Lipinski definition) is 1. The van der Waals surface area contributed by atoms with E-state index in [0.717, 1.165) is 5.56 Å². The molecule has 3 rings (SSSR count). The number of rotatable bonds is 2. The molecule has 0 atom stereocenters. The molecule has 5 heteroatoms. The van der Waals surface area contributed by atoms with Crippen LogP contribution in [0.4, 0.5) is 4.39 Å². The first-order chi connectivity index (χ1) is 9.54. The average molecular weight is 271 g/mol. The molecule has 1 N–H and O–H groups in total. The van der Waals surface area contributed by atoms with Gasteiger partial charge in [0.2, 0.25) is 5.89 Å². The van der Waals surface area contributed by atoms with E-state index in [0.29, 0.717) is 11.1 Å². The molecule has 1 aromatic heterocycles. The first-order valence-electron chi connectivity index (χ1n) is 5.95. The van der Waals surface area contributed by atoms with Gasteiger partial charge < -0.3 is 9.52 Å². The van der Waals surface area contributed by atoms with Gasteiger partial charge in [-0.25, -0.2) is 14.2 Å². The summed E-state index contributed by atoms with van der Waals surface area (Å²) in [5.74, 6) is -1.33. The van der Waals surface area contributed by atoms with Gasteiger partial charge in [-0.3, -0.25) is 0 Å². The molecule has 0 aliphatic heterocycles. The van der Waals surface area contributed by atoms with Gasteiger partial charge in [0.25, 0.3) is 0 Å². The fourth-order valence-corrected chi connectivity index (χ4v) is 1.97. The van der Waals surface area contributed by atoms with Crippen molar-refractivity contribution in [3.05, 3.63) is 53.3 Å². The number of nitrogens with zero attached hydrogens (tertiary/aromatic N) is 1. The van der Waals surface area contributed by atoms with Gasteiger partial charge in [-0.05, 0) is 42.8 Å². The van der Waals surface area contributed by atoms with E-state index in [1.165, 1.54) is 24.3 Å². The summed E-state index contributed by atoms with van der Waals surface area (Å²) in [5, 5.41) is 8.92. The number of aromatic carboxylic acids is 1. The monoisotopic (exact) mass is 271 g/mol. The van der Waals surface area contributed by atoms with Crippen LogP contribution in [0.5, 0.6) is 0 Å². The molecule has 0 saturated carbocycles. The van der Waals surface area contributed by atoms with Crippen molar-refractivity contribution in [1.82, 2.24) is 4.98 Å². The second-order valence-electron chi connectivity index (χ2n) is 4.49. The molecule has 0 spiro atoms. The number of oxazole rings is 1. The molecule has 0 fully saturated rings. The zero-order valence-corrected chi connectivity index (χ0v) is 10.6. The Bertz CT molecular complexity index is 823. The third kappa shape index (κ3) is 2.03. The number of carboxylic acid groups (broad SMARTS) is 1. The number of halogens is 1. The van der Waals surface area contributed by atoms with Crippen molar-refractivity contribution in [2.24, 2.45) is 0 Å². The molecule has 0 bridgehead atoms. The Morgan fingerprint density at radius 1 is 1.25 bits per heavy atom. The summed E-state index contributed by atoms with van der Waals surface area (Å²) in [5.41, 5.74) is 1.97. The maximum atomic E-state index is 13.9. The Kier molecular flexibility index (Phi) is 2.75. The average Bonchev–Trinajstić information content (AvgIpc) is 2.80. The Labute approximate surface area is 113 Å². The molecule has 3 aromatic rings. The molecule has 0 unspecified atom stereocenters. The van der Waals surface area contributed by atoms with E-state index in [1.54, 1.807) is 19.1 Å². The minimum Gasteiger partial charge on any atom is -0.478 e. The lowest BCUT2D eigenvalue weighted by molar-refractivity contribution is 0.0697. The van der Waals surface area contributed by atoms with Gasteiger partial charge in [-0.2, -0.15) is 0 Å². The SMILES string of the molecule is Cc1ccc(-c2nc3ccc(C(=O)O)cc3o2)c(F)c1. The zero-order chi connectivity index (χ0) is 14.3. The molecular weight excluding hydrogens is 261 g/mol. The van der Waals surface area contributed by atoms with Crippen LogP contribution in [-0.2, 0) is 0 Å². The molecule has 0 amide bonds. The zero-order valence-electron chi connectivity index (χ0n) is 10.6. The molecule has 0 radical (unpaired) electrons. The van der Waals surface area contributed by atoms with Crippen LogP contribution in [0, 0.1) is 12.7 Å². The molecule has 0 saturated heterocycles. The molecule has 0 aliphatic rings. The minimum atomic E-state index is -1.05.